The first-order chi connectivity index (χ1) is 9.88. The molecule has 0 aliphatic heterocycles. The van der Waals surface area contributed by atoms with E-state index in [1.807, 2.05) is 11.8 Å². The molecule has 0 heterocycles. The van der Waals surface area contributed by atoms with Crippen LogP contribution >= 0.6 is 0 Å². The molecule has 1 saturated carbocycles. The highest BCUT2D eigenvalue weighted by Gasteiger charge is 2.36. The number of benzene rings is 1. The molecular formula is C16H17F3N2. The molecule has 2 rings (SSSR count). The number of halogens is 3. The molecule has 0 amide bonds. The predicted octanol–water partition coefficient (Wildman–Crippen LogP) is 4.37. The van der Waals surface area contributed by atoms with Gasteiger partial charge in [0.1, 0.15) is 0 Å². The number of nitriles is 1. The molecule has 1 atom stereocenters. The van der Waals surface area contributed by atoms with Crippen molar-refractivity contribution in [3.8, 4) is 6.07 Å². The maximum atomic E-state index is 13.0. The standard InChI is InChI=1S/C16H17F3N2/c1-3-8-21(11(2)12-4-5-12)14-7-6-13(10-20)15(9-14)16(17,18)19/h3,6-7,9,11-12H,1,4-5,8H2,2H3. The average Bonchev–Trinajstić information content (AvgIpc) is 3.27. The summed E-state index contributed by atoms with van der Waals surface area (Å²) in [6.45, 7) is 6.18. The zero-order chi connectivity index (χ0) is 15.6. The molecule has 0 aromatic heterocycles. The number of nitrogens with zero attached hydrogens (tertiary/aromatic N) is 2. The van der Waals surface area contributed by atoms with Crippen LogP contribution in [0.2, 0.25) is 0 Å². The van der Waals surface area contributed by atoms with Crippen molar-refractivity contribution in [1.82, 2.24) is 0 Å². The van der Waals surface area contributed by atoms with Gasteiger partial charge in [0.2, 0.25) is 0 Å². The van der Waals surface area contributed by atoms with Crippen LogP contribution in [0, 0.1) is 17.2 Å². The second-order valence-electron chi connectivity index (χ2n) is 5.36. The predicted molar refractivity (Wildman–Crippen MR) is 75.9 cm³/mol. The van der Waals surface area contributed by atoms with Gasteiger partial charge in [0.15, 0.2) is 0 Å². The molecule has 1 aliphatic carbocycles. The third-order valence-electron chi connectivity index (χ3n) is 3.88. The lowest BCUT2D eigenvalue weighted by molar-refractivity contribution is -0.137. The van der Waals surface area contributed by atoms with Gasteiger partial charge in [-0.3, -0.25) is 0 Å². The van der Waals surface area contributed by atoms with E-state index in [-0.39, 0.29) is 11.6 Å². The topological polar surface area (TPSA) is 27.0 Å². The van der Waals surface area contributed by atoms with Crippen molar-refractivity contribution in [2.45, 2.75) is 32.0 Å². The zero-order valence-corrected chi connectivity index (χ0v) is 11.8. The summed E-state index contributed by atoms with van der Waals surface area (Å²) in [6, 6.07) is 5.66. The first-order valence-corrected chi connectivity index (χ1v) is 6.87. The Morgan fingerprint density at radius 3 is 2.62 bits per heavy atom. The lowest BCUT2D eigenvalue weighted by Gasteiger charge is -2.31. The molecule has 0 spiro atoms. The Morgan fingerprint density at radius 1 is 1.48 bits per heavy atom. The highest BCUT2D eigenvalue weighted by atomic mass is 19.4. The minimum Gasteiger partial charge on any atom is -0.365 e. The summed E-state index contributed by atoms with van der Waals surface area (Å²) in [6.07, 6.45) is -0.622. The van der Waals surface area contributed by atoms with Crippen LogP contribution in [-0.4, -0.2) is 12.6 Å². The van der Waals surface area contributed by atoms with E-state index in [4.69, 9.17) is 5.26 Å². The van der Waals surface area contributed by atoms with E-state index < -0.39 is 11.7 Å². The zero-order valence-electron chi connectivity index (χ0n) is 11.8. The van der Waals surface area contributed by atoms with Crippen molar-refractivity contribution in [3.63, 3.8) is 0 Å². The molecular weight excluding hydrogens is 277 g/mol. The van der Waals surface area contributed by atoms with Crippen LogP contribution in [-0.2, 0) is 6.18 Å². The maximum absolute atomic E-state index is 13.0. The Morgan fingerprint density at radius 2 is 2.14 bits per heavy atom. The van der Waals surface area contributed by atoms with E-state index in [1.54, 1.807) is 18.2 Å². The van der Waals surface area contributed by atoms with Gasteiger partial charge >= 0.3 is 6.18 Å². The van der Waals surface area contributed by atoms with Crippen molar-refractivity contribution in [2.75, 3.05) is 11.4 Å². The van der Waals surface area contributed by atoms with Crippen LogP contribution in [0.15, 0.2) is 30.9 Å². The summed E-state index contributed by atoms with van der Waals surface area (Å²) >= 11 is 0. The van der Waals surface area contributed by atoms with E-state index in [0.29, 0.717) is 18.2 Å². The lowest BCUT2D eigenvalue weighted by Crippen LogP contribution is -2.35. The Bertz CT molecular complexity index is 568. The van der Waals surface area contributed by atoms with Gasteiger partial charge in [-0.2, -0.15) is 18.4 Å². The van der Waals surface area contributed by atoms with Crippen LogP contribution in [0.25, 0.3) is 0 Å². The summed E-state index contributed by atoms with van der Waals surface area (Å²) in [4.78, 5) is 1.92. The minimum atomic E-state index is -4.52. The van der Waals surface area contributed by atoms with Gasteiger partial charge in [-0.25, -0.2) is 0 Å². The number of alkyl halides is 3. The Kier molecular flexibility index (Phi) is 4.26. The molecule has 1 aliphatic rings. The largest absolute Gasteiger partial charge is 0.417 e. The van der Waals surface area contributed by atoms with Crippen LogP contribution in [0.5, 0.6) is 0 Å². The van der Waals surface area contributed by atoms with Crippen LogP contribution in [0.3, 0.4) is 0 Å². The summed E-state index contributed by atoms with van der Waals surface area (Å²) in [5, 5.41) is 8.84. The number of hydrogen-bond donors (Lipinski definition) is 0. The van der Waals surface area contributed by atoms with E-state index in [0.717, 1.165) is 18.9 Å². The summed E-state index contributed by atoms with van der Waals surface area (Å²) in [5.41, 5.74) is -0.732. The van der Waals surface area contributed by atoms with Crippen LogP contribution in [0.4, 0.5) is 18.9 Å². The molecule has 5 heteroatoms. The number of hydrogen-bond acceptors (Lipinski definition) is 2. The van der Waals surface area contributed by atoms with Crippen molar-refractivity contribution in [3.05, 3.63) is 42.0 Å². The molecule has 2 nitrogen and oxygen atoms in total. The van der Waals surface area contributed by atoms with Gasteiger partial charge in [0, 0.05) is 18.3 Å². The fourth-order valence-corrected chi connectivity index (χ4v) is 2.52. The summed E-state index contributed by atoms with van der Waals surface area (Å²) in [5.74, 6) is 0.523. The number of anilines is 1. The Balaban J connectivity index is 2.41. The summed E-state index contributed by atoms with van der Waals surface area (Å²) < 4.78 is 39.1. The summed E-state index contributed by atoms with van der Waals surface area (Å²) in [7, 11) is 0. The molecule has 1 aromatic carbocycles. The van der Waals surface area contributed by atoms with Gasteiger partial charge in [-0.1, -0.05) is 6.08 Å². The van der Waals surface area contributed by atoms with Crippen LogP contribution < -0.4 is 4.90 Å². The van der Waals surface area contributed by atoms with Gasteiger partial charge in [0.05, 0.1) is 17.2 Å². The molecule has 0 saturated heterocycles. The molecule has 21 heavy (non-hydrogen) atoms. The van der Waals surface area contributed by atoms with Gasteiger partial charge in [0.25, 0.3) is 0 Å². The molecule has 0 N–H and O–H groups in total. The quantitative estimate of drug-likeness (QED) is 0.754. The fraction of sp³-hybridized carbons (Fsp3) is 0.438. The molecule has 1 unspecified atom stereocenters. The second kappa shape index (κ2) is 5.80. The van der Waals surface area contributed by atoms with E-state index in [2.05, 4.69) is 6.58 Å². The maximum Gasteiger partial charge on any atom is 0.417 e. The van der Waals surface area contributed by atoms with Gasteiger partial charge in [-0.15, -0.1) is 6.58 Å². The SMILES string of the molecule is C=CCN(c1ccc(C#N)c(C(F)(F)F)c1)C(C)C1CC1. The molecule has 112 valence electrons. The first kappa shape index (κ1) is 15.4. The highest BCUT2D eigenvalue weighted by molar-refractivity contribution is 5.56. The number of rotatable bonds is 5. The minimum absolute atomic E-state index is 0.164. The second-order valence-corrected chi connectivity index (χ2v) is 5.36. The molecule has 1 fully saturated rings. The third-order valence-corrected chi connectivity index (χ3v) is 3.88. The highest BCUT2D eigenvalue weighted by Crippen LogP contribution is 2.39. The Hall–Kier alpha value is -1.96. The van der Waals surface area contributed by atoms with Gasteiger partial charge < -0.3 is 4.90 Å². The van der Waals surface area contributed by atoms with Crippen molar-refractivity contribution < 1.29 is 13.2 Å². The van der Waals surface area contributed by atoms with Crippen molar-refractivity contribution >= 4 is 5.69 Å². The fourth-order valence-electron chi connectivity index (χ4n) is 2.52. The first-order valence-electron chi connectivity index (χ1n) is 6.87. The van der Waals surface area contributed by atoms with E-state index >= 15 is 0 Å². The van der Waals surface area contributed by atoms with E-state index in [9.17, 15) is 13.2 Å². The van der Waals surface area contributed by atoms with Crippen LogP contribution in [0.1, 0.15) is 30.9 Å². The normalized spacial score (nSPS) is 16.1. The smallest absolute Gasteiger partial charge is 0.365 e. The molecule has 0 radical (unpaired) electrons. The monoisotopic (exact) mass is 294 g/mol. The Labute approximate surface area is 122 Å². The average molecular weight is 294 g/mol. The van der Waals surface area contributed by atoms with Gasteiger partial charge in [-0.05, 0) is 43.9 Å². The molecule has 0 bridgehead atoms. The lowest BCUT2D eigenvalue weighted by atomic mass is 10.0. The van der Waals surface area contributed by atoms with Crippen molar-refractivity contribution in [1.29, 1.82) is 5.26 Å². The third kappa shape index (κ3) is 3.38. The molecule has 1 aromatic rings. The van der Waals surface area contributed by atoms with E-state index in [1.165, 1.54) is 6.07 Å². The van der Waals surface area contributed by atoms with Crippen molar-refractivity contribution in [2.24, 2.45) is 5.92 Å².